The molecule has 8 nitrogen and oxygen atoms in total. The van der Waals surface area contributed by atoms with E-state index in [0.29, 0.717) is 29.8 Å². The average Bonchev–Trinajstić information content (AvgIpc) is 3.17. The van der Waals surface area contributed by atoms with Crippen LogP contribution in [0.5, 0.6) is 5.75 Å². The Morgan fingerprint density at radius 2 is 1.85 bits per heavy atom. The van der Waals surface area contributed by atoms with E-state index >= 15 is 0 Å². The maximum Gasteiger partial charge on any atom is 0.234 e. The van der Waals surface area contributed by atoms with Crippen molar-refractivity contribution in [2.75, 3.05) is 23.0 Å². The van der Waals surface area contributed by atoms with E-state index in [1.54, 1.807) is 34.9 Å². The van der Waals surface area contributed by atoms with Gasteiger partial charge in [0.1, 0.15) is 11.6 Å². The topological polar surface area (TPSA) is 98.1 Å². The molecule has 0 saturated carbocycles. The predicted molar refractivity (Wildman–Crippen MR) is 131 cm³/mol. The monoisotopic (exact) mass is 465 g/mol. The molecule has 2 N–H and O–H groups in total. The van der Waals surface area contributed by atoms with E-state index in [2.05, 4.69) is 27.4 Å². The van der Waals surface area contributed by atoms with Crippen LogP contribution in [-0.4, -0.2) is 38.9 Å². The molecule has 0 aliphatic rings. The quantitative estimate of drug-likeness (QED) is 0.327. The number of allylic oxidation sites excluding steroid dienone is 1. The number of aryl methyl sites for hydroxylation is 1. The fraction of sp³-hybridized carbons (Fsp3) is 0.250. The zero-order valence-corrected chi connectivity index (χ0v) is 19.5. The van der Waals surface area contributed by atoms with E-state index in [-0.39, 0.29) is 24.0 Å². The van der Waals surface area contributed by atoms with Gasteiger partial charge in [0.25, 0.3) is 0 Å². The van der Waals surface area contributed by atoms with E-state index in [4.69, 9.17) is 4.74 Å². The van der Waals surface area contributed by atoms with Gasteiger partial charge in [-0.3, -0.25) is 9.59 Å². The summed E-state index contributed by atoms with van der Waals surface area (Å²) in [6.07, 6.45) is 1.77. The fourth-order valence-electron chi connectivity index (χ4n) is 3.05. The van der Waals surface area contributed by atoms with Crippen LogP contribution in [0.25, 0.3) is 0 Å². The van der Waals surface area contributed by atoms with Crippen LogP contribution in [0.4, 0.5) is 11.4 Å². The lowest BCUT2D eigenvalue weighted by Crippen LogP contribution is -2.18. The first-order valence-corrected chi connectivity index (χ1v) is 11.5. The first kappa shape index (κ1) is 24.1. The third-order valence-electron chi connectivity index (χ3n) is 4.62. The number of hydrogen-bond acceptors (Lipinski definition) is 6. The number of anilines is 2. The summed E-state index contributed by atoms with van der Waals surface area (Å²) in [6, 6.07) is 14.8. The number of amides is 2. The van der Waals surface area contributed by atoms with Gasteiger partial charge >= 0.3 is 0 Å². The number of carbonyl (C=O) groups is 2. The van der Waals surface area contributed by atoms with Crippen molar-refractivity contribution in [3.05, 3.63) is 72.6 Å². The van der Waals surface area contributed by atoms with E-state index in [9.17, 15) is 9.59 Å². The Labute approximate surface area is 197 Å². The fourth-order valence-corrected chi connectivity index (χ4v) is 3.82. The molecule has 2 amide bonds. The molecule has 0 fully saturated rings. The third-order valence-corrected chi connectivity index (χ3v) is 5.59. The van der Waals surface area contributed by atoms with Gasteiger partial charge in [-0.05, 0) is 49.7 Å². The molecule has 33 heavy (non-hydrogen) atoms. The smallest absolute Gasteiger partial charge is 0.234 e. The summed E-state index contributed by atoms with van der Waals surface area (Å²) in [6.45, 7) is 8.64. The number of rotatable bonds is 11. The molecule has 0 saturated heterocycles. The van der Waals surface area contributed by atoms with Crippen LogP contribution in [0.1, 0.15) is 18.3 Å². The van der Waals surface area contributed by atoms with Gasteiger partial charge in [-0.15, -0.1) is 16.8 Å². The van der Waals surface area contributed by atoms with E-state index in [1.807, 2.05) is 38.1 Å². The SMILES string of the molecule is C=CCn1c(CC(=O)Nc2ccccc2C)nnc1SCC(=O)Nc1ccc(OCC)cc1. The normalized spacial score (nSPS) is 10.5. The highest BCUT2D eigenvalue weighted by atomic mass is 32.2. The summed E-state index contributed by atoms with van der Waals surface area (Å²) in [5, 5.41) is 14.6. The molecule has 0 atom stereocenters. The van der Waals surface area contributed by atoms with E-state index < -0.39 is 0 Å². The van der Waals surface area contributed by atoms with Crippen molar-refractivity contribution in [2.24, 2.45) is 0 Å². The molecule has 0 radical (unpaired) electrons. The molecule has 1 aromatic heterocycles. The highest BCUT2D eigenvalue weighted by Crippen LogP contribution is 2.20. The summed E-state index contributed by atoms with van der Waals surface area (Å²) in [5.41, 5.74) is 2.43. The number of hydrogen-bond donors (Lipinski definition) is 2. The molecule has 3 aromatic rings. The van der Waals surface area contributed by atoms with Gasteiger partial charge in [-0.25, -0.2) is 0 Å². The largest absolute Gasteiger partial charge is 0.494 e. The van der Waals surface area contributed by atoms with Gasteiger partial charge in [0.2, 0.25) is 11.8 Å². The Kier molecular flexibility index (Phi) is 8.65. The number of thioether (sulfide) groups is 1. The molecule has 9 heteroatoms. The average molecular weight is 466 g/mol. The Morgan fingerprint density at radius 3 is 2.55 bits per heavy atom. The molecule has 1 heterocycles. The first-order valence-electron chi connectivity index (χ1n) is 10.5. The van der Waals surface area contributed by atoms with Crippen LogP contribution < -0.4 is 15.4 Å². The van der Waals surface area contributed by atoms with Crippen molar-refractivity contribution in [2.45, 2.75) is 32.0 Å². The lowest BCUT2D eigenvalue weighted by Gasteiger charge is -2.10. The Morgan fingerprint density at radius 1 is 1.09 bits per heavy atom. The molecule has 0 bridgehead atoms. The van der Waals surface area contributed by atoms with E-state index in [1.165, 1.54) is 11.8 Å². The molecular formula is C24H27N5O3S. The van der Waals surface area contributed by atoms with Gasteiger partial charge in [-0.1, -0.05) is 36.0 Å². The second kappa shape index (κ2) is 11.9. The number of nitrogens with zero attached hydrogens (tertiary/aromatic N) is 3. The molecule has 0 unspecified atom stereocenters. The molecule has 0 aliphatic carbocycles. The van der Waals surface area contributed by atoms with Gasteiger partial charge in [0.05, 0.1) is 18.8 Å². The number of aromatic nitrogens is 3. The lowest BCUT2D eigenvalue weighted by molar-refractivity contribution is -0.116. The van der Waals surface area contributed by atoms with Gasteiger partial charge < -0.3 is 19.9 Å². The van der Waals surface area contributed by atoms with Crippen LogP contribution in [0.2, 0.25) is 0 Å². The van der Waals surface area contributed by atoms with Gasteiger partial charge in [0, 0.05) is 17.9 Å². The van der Waals surface area contributed by atoms with E-state index in [0.717, 1.165) is 17.0 Å². The summed E-state index contributed by atoms with van der Waals surface area (Å²) < 4.78 is 7.20. The summed E-state index contributed by atoms with van der Waals surface area (Å²) in [4.78, 5) is 24.9. The van der Waals surface area contributed by atoms with Crippen molar-refractivity contribution in [1.82, 2.24) is 14.8 Å². The molecule has 172 valence electrons. The lowest BCUT2D eigenvalue weighted by atomic mass is 10.2. The van der Waals surface area contributed by atoms with Crippen molar-refractivity contribution in [3.8, 4) is 5.75 Å². The zero-order chi connectivity index (χ0) is 23.6. The highest BCUT2D eigenvalue weighted by Gasteiger charge is 2.17. The second-order valence-corrected chi connectivity index (χ2v) is 8.07. The molecule has 0 aliphatic heterocycles. The Balaban J connectivity index is 1.59. The first-order chi connectivity index (χ1) is 16.0. The van der Waals surface area contributed by atoms with Crippen molar-refractivity contribution in [3.63, 3.8) is 0 Å². The van der Waals surface area contributed by atoms with Crippen LogP contribution in [0, 0.1) is 6.92 Å². The molecule has 2 aromatic carbocycles. The predicted octanol–water partition coefficient (Wildman–Crippen LogP) is 4.08. The molecule has 0 spiro atoms. The van der Waals surface area contributed by atoms with Crippen molar-refractivity contribution >= 4 is 35.0 Å². The van der Waals surface area contributed by atoms with Crippen LogP contribution in [0.3, 0.4) is 0 Å². The van der Waals surface area contributed by atoms with Crippen LogP contribution >= 0.6 is 11.8 Å². The zero-order valence-electron chi connectivity index (χ0n) is 18.7. The van der Waals surface area contributed by atoms with Gasteiger partial charge in [-0.2, -0.15) is 0 Å². The van der Waals surface area contributed by atoms with Crippen LogP contribution in [0.15, 0.2) is 66.3 Å². The number of ether oxygens (including phenoxy) is 1. The summed E-state index contributed by atoms with van der Waals surface area (Å²) in [5.74, 6) is 1.05. The maximum atomic E-state index is 12.5. The number of para-hydroxylation sites is 1. The second-order valence-electron chi connectivity index (χ2n) is 7.13. The number of carbonyl (C=O) groups excluding carboxylic acids is 2. The minimum absolute atomic E-state index is 0.0636. The maximum absolute atomic E-state index is 12.5. The summed E-state index contributed by atoms with van der Waals surface area (Å²) >= 11 is 1.25. The Hall–Kier alpha value is -3.59. The van der Waals surface area contributed by atoms with Gasteiger partial charge in [0.15, 0.2) is 5.16 Å². The Bertz CT molecular complexity index is 1110. The standard InChI is InChI=1S/C24H27N5O3S/c1-4-14-29-21(15-22(30)26-20-9-7-6-8-17(20)3)27-28-24(29)33-16-23(31)25-18-10-12-19(13-11-18)32-5-2/h4,6-13H,1,5,14-16H2,2-3H3,(H,25,31)(H,26,30). The van der Waals surface area contributed by atoms with Crippen LogP contribution in [-0.2, 0) is 22.6 Å². The highest BCUT2D eigenvalue weighted by molar-refractivity contribution is 7.99. The number of nitrogens with one attached hydrogen (secondary N) is 2. The third kappa shape index (κ3) is 6.95. The van der Waals surface area contributed by atoms with Crippen molar-refractivity contribution < 1.29 is 14.3 Å². The minimum Gasteiger partial charge on any atom is -0.494 e. The molecule has 3 rings (SSSR count). The molecular weight excluding hydrogens is 438 g/mol. The van der Waals surface area contributed by atoms with Crippen molar-refractivity contribution in [1.29, 1.82) is 0 Å². The minimum atomic E-state index is -0.188. The summed E-state index contributed by atoms with van der Waals surface area (Å²) in [7, 11) is 0. The number of benzene rings is 2.